The quantitative estimate of drug-likeness (QED) is 0.108. The standard InChI is InChI=1S/C39H54O26/c1-15(40)51-12-26-28(55-18(4)43)31(56-19(5)44)36(61-24(10)49)39(63-26)65-30-27(13-52-16(2)41)62-38(35(60-23(9)48)33(30)58-21(7)46)53-14-25(54-17(3)42)29-32(57-20(6)45)34(59-22(8)47)37(50-11)64-29/h25-39H,12-14H2,1-11H3/t25-,26-,27-,28-,29+,30-,31+,32+,33+,34-,35-,36-,37?,38-,39-/m1/s1. The molecule has 0 saturated carbocycles. The highest BCUT2D eigenvalue weighted by molar-refractivity contribution is 5.70. The lowest BCUT2D eigenvalue weighted by molar-refractivity contribution is -0.362. The summed E-state index contributed by atoms with van der Waals surface area (Å²) in [4.78, 5) is 124. The van der Waals surface area contributed by atoms with Gasteiger partial charge in [0.05, 0.1) is 6.61 Å². The normalized spacial score (nSPS) is 31.1. The SMILES string of the molecule is COC1O[C@@H]([C@@H](CO[C@@H]2O[C@H](COC(C)=O)[C@@H](O[C@H]3O[C@H](COC(C)=O)[C@@H](OC(C)=O)[C@H](OC(C)=O)[C@H]3OC(C)=O)[C@H](OC(C)=O)[C@H]2OC(C)=O)OC(C)=O)[C@H](OC(C)=O)[C@H]1OC(C)=O. The minimum absolute atomic E-state index is 0.658. The molecule has 26 heteroatoms. The van der Waals surface area contributed by atoms with E-state index in [0.29, 0.717) is 0 Å². The summed E-state index contributed by atoms with van der Waals surface area (Å²) in [6, 6.07) is 0. The minimum Gasteiger partial charge on any atom is -0.463 e. The zero-order valence-electron chi connectivity index (χ0n) is 37.4. The molecule has 1 unspecified atom stereocenters. The van der Waals surface area contributed by atoms with E-state index in [1.54, 1.807) is 0 Å². The van der Waals surface area contributed by atoms with Gasteiger partial charge in [0.15, 0.2) is 67.7 Å². The molecule has 0 N–H and O–H groups in total. The maximum atomic E-state index is 12.8. The van der Waals surface area contributed by atoms with Gasteiger partial charge >= 0.3 is 59.7 Å². The number of methoxy groups -OCH3 is 1. The van der Waals surface area contributed by atoms with Gasteiger partial charge in [0, 0.05) is 76.3 Å². The third-order valence-corrected chi connectivity index (χ3v) is 9.04. The largest absolute Gasteiger partial charge is 0.463 e. The van der Waals surface area contributed by atoms with Crippen molar-refractivity contribution in [2.24, 2.45) is 0 Å². The van der Waals surface area contributed by atoms with Crippen LogP contribution in [0.3, 0.4) is 0 Å². The van der Waals surface area contributed by atoms with E-state index in [0.717, 1.165) is 69.2 Å². The Morgan fingerprint density at radius 1 is 0.400 bits per heavy atom. The Kier molecular flexibility index (Phi) is 20.4. The Morgan fingerprint density at radius 3 is 1.20 bits per heavy atom. The third kappa shape index (κ3) is 16.1. The summed E-state index contributed by atoms with van der Waals surface area (Å²) in [6.45, 7) is 8.02. The molecular weight excluding hydrogens is 884 g/mol. The molecule has 3 saturated heterocycles. The molecule has 0 spiro atoms. The lowest BCUT2D eigenvalue weighted by Gasteiger charge is -2.48. The first-order valence-electron chi connectivity index (χ1n) is 19.8. The van der Waals surface area contributed by atoms with Crippen LogP contribution in [0.5, 0.6) is 0 Å². The monoisotopic (exact) mass is 938 g/mol. The van der Waals surface area contributed by atoms with Gasteiger partial charge in [-0.3, -0.25) is 47.9 Å². The molecule has 366 valence electrons. The van der Waals surface area contributed by atoms with E-state index in [1.807, 2.05) is 0 Å². The van der Waals surface area contributed by atoms with Gasteiger partial charge in [0.25, 0.3) is 0 Å². The van der Waals surface area contributed by atoms with Crippen molar-refractivity contribution in [1.29, 1.82) is 0 Å². The molecule has 0 aromatic carbocycles. The van der Waals surface area contributed by atoms with Crippen molar-refractivity contribution < 1.29 is 124 Å². The van der Waals surface area contributed by atoms with E-state index in [4.69, 9.17) is 75.8 Å². The number of ether oxygens (including phenoxy) is 16. The van der Waals surface area contributed by atoms with Crippen LogP contribution in [0.15, 0.2) is 0 Å². The number of carbonyl (C=O) groups is 10. The number of hydrogen-bond donors (Lipinski definition) is 0. The van der Waals surface area contributed by atoms with E-state index in [2.05, 4.69) is 0 Å². The number of carbonyl (C=O) groups excluding carboxylic acids is 10. The van der Waals surface area contributed by atoms with Crippen molar-refractivity contribution in [1.82, 2.24) is 0 Å². The van der Waals surface area contributed by atoms with E-state index in [1.165, 1.54) is 7.11 Å². The van der Waals surface area contributed by atoms with E-state index < -0.39 is 172 Å². The fourth-order valence-electron chi connectivity index (χ4n) is 6.99. The van der Waals surface area contributed by atoms with Crippen LogP contribution in [0.2, 0.25) is 0 Å². The first-order chi connectivity index (χ1) is 30.4. The average Bonchev–Trinajstić information content (AvgIpc) is 3.49. The van der Waals surface area contributed by atoms with Crippen molar-refractivity contribution in [2.75, 3.05) is 26.9 Å². The highest BCUT2D eigenvalue weighted by atomic mass is 16.8. The second kappa shape index (κ2) is 24.7. The lowest BCUT2D eigenvalue weighted by Crippen LogP contribution is -2.67. The molecule has 3 heterocycles. The molecule has 3 aliphatic heterocycles. The predicted octanol–water partition coefficient (Wildman–Crippen LogP) is -1.21. The summed E-state index contributed by atoms with van der Waals surface area (Å²) < 4.78 is 90.1. The topological polar surface area (TPSA) is 318 Å². The average molecular weight is 939 g/mol. The molecule has 0 bridgehead atoms. The minimum atomic E-state index is -1.94. The molecular formula is C39H54O26. The summed E-state index contributed by atoms with van der Waals surface area (Å²) in [5.41, 5.74) is 0. The van der Waals surface area contributed by atoms with Gasteiger partial charge in [-0.2, -0.15) is 0 Å². The van der Waals surface area contributed by atoms with E-state index in [-0.39, 0.29) is 0 Å². The number of hydrogen-bond acceptors (Lipinski definition) is 26. The fourth-order valence-corrected chi connectivity index (χ4v) is 6.99. The van der Waals surface area contributed by atoms with E-state index in [9.17, 15) is 47.9 Å². The van der Waals surface area contributed by atoms with Crippen molar-refractivity contribution in [3.63, 3.8) is 0 Å². The van der Waals surface area contributed by atoms with Crippen molar-refractivity contribution >= 4 is 59.7 Å². The van der Waals surface area contributed by atoms with Gasteiger partial charge in [-0.1, -0.05) is 0 Å². The number of rotatable bonds is 19. The predicted molar refractivity (Wildman–Crippen MR) is 202 cm³/mol. The molecule has 3 aliphatic rings. The molecule has 0 aromatic rings. The maximum Gasteiger partial charge on any atom is 0.303 e. The first kappa shape index (κ1) is 53.8. The van der Waals surface area contributed by atoms with Gasteiger partial charge in [0.1, 0.15) is 37.6 Å². The molecule has 0 aliphatic carbocycles. The maximum absolute atomic E-state index is 12.8. The molecule has 3 rings (SSSR count). The Hall–Kier alpha value is -5.54. The van der Waals surface area contributed by atoms with Crippen molar-refractivity contribution in [2.45, 2.75) is 161 Å². The fraction of sp³-hybridized carbons (Fsp3) is 0.744. The summed E-state index contributed by atoms with van der Waals surface area (Å²) in [6.07, 6.45) is -24.8. The van der Waals surface area contributed by atoms with Crippen LogP contribution in [-0.4, -0.2) is 179 Å². The second-order valence-corrected chi connectivity index (χ2v) is 14.5. The van der Waals surface area contributed by atoms with Crippen molar-refractivity contribution in [3.8, 4) is 0 Å². The zero-order valence-corrected chi connectivity index (χ0v) is 37.4. The Labute approximate surface area is 371 Å². The third-order valence-electron chi connectivity index (χ3n) is 9.04. The van der Waals surface area contributed by atoms with Gasteiger partial charge in [-0.05, 0) is 0 Å². The van der Waals surface area contributed by atoms with Crippen molar-refractivity contribution in [3.05, 3.63) is 0 Å². The highest BCUT2D eigenvalue weighted by Crippen LogP contribution is 2.37. The smallest absolute Gasteiger partial charge is 0.303 e. The zero-order chi connectivity index (χ0) is 48.9. The van der Waals surface area contributed by atoms with Crippen LogP contribution in [0, 0.1) is 0 Å². The van der Waals surface area contributed by atoms with Gasteiger partial charge in [0.2, 0.25) is 0 Å². The molecule has 0 aromatic heterocycles. The Morgan fingerprint density at radius 2 is 0.769 bits per heavy atom. The summed E-state index contributed by atoms with van der Waals surface area (Å²) >= 11 is 0. The summed E-state index contributed by atoms with van der Waals surface area (Å²) in [5.74, 6) is -9.15. The molecule has 0 radical (unpaired) electrons. The Balaban J connectivity index is 2.18. The van der Waals surface area contributed by atoms with Crippen LogP contribution in [0.4, 0.5) is 0 Å². The van der Waals surface area contributed by atoms with E-state index >= 15 is 0 Å². The molecule has 65 heavy (non-hydrogen) atoms. The van der Waals surface area contributed by atoms with Crippen LogP contribution < -0.4 is 0 Å². The molecule has 0 amide bonds. The van der Waals surface area contributed by atoms with Crippen LogP contribution in [0.25, 0.3) is 0 Å². The van der Waals surface area contributed by atoms with Crippen LogP contribution in [-0.2, 0) is 124 Å². The molecule has 3 fully saturated rings. The summed E-state index contributed by atoms with van der Waals surface area (Å²) in [5, 5.41) is 0. The molecule has 26 nitrogen and oxygen atoms in total. The van der Waals surface area contributed by atoms with Crippen LogP contribution in [0.1, 0.15) is 69.2 Å². The Bertz CT molecular complexity index is 1750. The van der Waals surface area contributed by atoms with Gasteiger partial charge in [-0.15, -0.1) is 0 Å². The second-order valence-electron chi connectivity index (χ2n) is 14.5. The molecule has 15 atom stereocenters. The number of esters is 10. The highest BCUT2D eigenvalue weighted by Gasteiger charge is 2.59. The van der Waals surface area contributed by atoms with Gasteiger partial charge < -0.3 is 75.8 Å². The summed E-state index contributed by atoms with van der Waals surface area (Å²) in [7, 11) is 1.20. The first-order valence-corrected chi connectivity index (χ1v) is 19.8. The van der Waals surface area contributed by atoms with Gasteiger partial charge in [-0.25, -0.2) is 0 Å². The lowest BCUT2D eigenvalue weighted by atomic mass is 9.96. The van der Waals surface area contributed by atoms with Crippen LogP contribution >= 0.6 is 0 Å².